The molecule has 0 saturated carbocycles. The first kappa shape index (κ1) is 27.5. The van der Waals surface area contributed by atoms with E-state index in [1.54, 1.807) is 18.3 Å². The first-order valence-electron chi connectivity index (χ1n) is 13.0. The van der Waals surface area contributed by atoms with Gasteiger partial charge in [0.05, 0.1) is 28.7 Å². The zero-order valence-corrected chi connectivity index (χ0v) is 23.8. The van der Waals surface area contributed by atoms with Gasteiger partial charge in [0.25, 0.3) is 5.91 Å². The molecule has 41 heavy (non-hydrogen) atoms. The van der Waals surface area contributed by atoms with Crippen molar-refractivity contribution < 1.29 is 18.0 Å². The summed E-state index contributed by atoms with van der Waals surface area (Å²) >= 11 is 7.18. The second kappa shape index (κ2) is 10.6. The number of alkyl halides is 3. The summed E-state index contributed by atoms with van der Waals surface area (Å²) in [6, 6.07) is 9.55. The molecule has 0 radical (unpaired) electrons. The Balaban J connectivity index is 1.15. The first-order valence-corrected chi connectivity index (χ1v) is 14.2. The molecule has 6 rings (SSSR count). The number of hydrogen-bond donors (Lipinski definition) is 0. The molecule has 0 atom stereocenters. The third kappa shape index (κ3) is 5.50. The number of carbonyl (C=O) groups is 1. The van der Waals surface area contributed by atoms with E-state index in [9.17, 15) is 18.0 Å². The number of amides is 1. The topological polar surface area (TPSA) is 81.2 Å². The maximum atomic E-state index is 13.6. The van der Waals surface area contributed by atoms with Crippen LogP contribution in [0.3, 0.4) is 0 Å². The number of halogens is 4. The maximum Gasteiger partial charge on any atom is 0.416 e. The van der Waals surface area contributed by atoms with E-state index in [2.05, 4.69) is 29.8 Å². The number of aromatic nitrogens is 5. The molecule has 2 aromatic carbocycles. The van der Waals surface area contributed by atoms with Crippen LogP contribution in [0.2, 0.25) is 5.02 Å². The van der Waals surface area contributed by atoms with Gasteiger partial charge in [-0.3, -0.25) is 9.48 Å². The number of aliphatic imine (C=N–C) groups is 1. The van der Waals surface area contributed by atoms with Crippen LogP contribution in [0.1, 0.15) is 47.2 Å². The van der Waals surface area contributed by atoms with Crippen LogP contribution in [-0.4, -0.2) is 53.6 Å². The lowest BCUT2D eigenvalue weighted by molar-refractivity contribution is -0.138. The molecule has 13 heteroatoms. The number of thioether (sulfide) groups is 1. The molecule has 4 aromatic rings. The molecule has 0 aliphatic carbocycles. The lowest BCUT2D eigenvalue weighted by Gasteiger charge is -2.33. The number of nitrogens with zero attached hydrogens (tertiary/aromatic N) is 7. The minimum Gasteiger partial charge on any atom is -0.351 e. The summed E-state index contributed by atoms with van der Waals surface area (Å²) in [5.41, 5.74) is 0.755. The number of fused-ring (bicyclic) bond motifs is 1. The highest BCUT2D eigenvalue weighted by atomic mass is 35.5. The number of amidine groups is 1. The normalized spacial score (nSPS) is 17.7. The minimum absolute atomic E-state index is 0.0252. The number of aryl methyl sites for hydroxylation is 2. The van der Waals surface area contributed by atoms with Crippen LogP contribution in [0, 0.1) is 13.8 Å². The molecule has 1 amide bonds. The van der Waals surface area contributed by atoms with Crippen LogP contribution in [0.25, 0.3) is 17.0 Å². The number of rotatable bonds is 4. The van der Waals surface area contributed by atoms with Crippen molar-refractivity contribution in [3.05, 3.63) is 80.9 Å². The minimum atomic E-state index is -4.53. The Bertz CT molecular complexity index is 1700. The quantitative estimate of drug-likeness (QED) is 0.257. The second-order valence-corrected chi connectivity index (χ2v) is 11.6. The third-order valence-corrected chi connectivity index (χ3v) is 8.69. The van der Waals surface area contributed by atoms with Crippen LogP contribution in [0.15, 0.2) is 52.5 Å². The third-order valence-electron chi connectivity index (χ3n) is 7.41. The Hall–Kier alpha value is -3.64. The van der Waals surface area contributed by atoms with E-state index >= 15 is 0 Å². The van der Waals surface area contributed by atoms with Crippen LogP contribution in [0.4, 0.5) is 13.2 Å². The Morgan fingerprint density at radius 2 is 1.80 bits per heavy atom. The van der Waals surface area contributed by atoms with Crippen molar-refractivity contribution in [2.24, 2.45) is 4.99 Å². The average Bonchev–Trinajstić information content (AvgIpc) is 3.61. The predicted molar refractivity (Wildman–Crippen MR) is 153 cm³/mol. The van der Waals surface area contributed by atoms with Gasteiger partial charge >= 0.3 is 6.18 Å². The summed E-state index contributed by atoms with van der Waals surface area (Å²) in [6.45, 7) is 5.43. The van der Waals surface area contributed by atoms with Gasteiger partial charge in [0.1, 0.15) is 11.6 Å². The van der Waals surface area contributed by atoms with Gasteiger partial charge in [-0.1, -0.05) is 23.7 Å². The number of piperidine rings is 1. The molecule has 0 unspecified atom stereocenters. The lowest BCUT2D eigenvalue weighted by atomic mass is 10.1. The molecule has 8 nitrogen and oxygen atoms in total. The Labute approximate surface area is 242 Å². The summed E-state index contributed by atoms with van der Waals surface area (Å²) < 4.78 is 44.4. The molecule has 1 fully saturated rings. The number of hydrogen-bond acceptors (Lipinski definition) is 6. The van der Waals surface area contributed by atoms with Gasteiger partial charge in [-0.05, 0) is 79.9 Å². The summed E-state index contributed by atoms with van der Waals surface area (Å²) in [6.07, 6.45) is 0.690. The molecule has 1 saturated heterocycles. The highest BCUT2D eigenvalue weighted by Crippen LogP contribution is 2.36. The van der Waals surface area contributed by atoms with Gasteiger partial charge in [0.2, 0.25) is 0 Å². The van der Waals surface area contributed by atoms with Crippen molar-refractivity contribution in [3.63, 3.8) is 0 Å². The van der Waals surface area contributed by atoms with E-state index in [1.165, 1.54) is 28.6 Å². The van der Waals surface area contributed by atoms with Crippen LogP contribution >= 0.6 is 23.4 Å². The SMILES string of the molecule is Cc1nnc(C)n1C1CCN(C2=NC(=O)C(=Cc3ccc4c(cnn4Cc4ccc(Cl)cc4C(F)(F)F)c3)S2)CC1. The molecule has 0 N–H and O–H groups in total. The lowest BCUT2D eigenvalue weighted by Crippen LogP contribution is -2.37. The number of likely N-dealkylation sites (tertiary alicyclic amines) is 1. The smallest absolute Gasteiger partial charge is 0.351 e. The molecular formula is C28H25ClF3N7OS. The van der Waals surface area contributed by atoms with Crippen molar-refractivity contribution >= 4 is 51.4 Å². The van der Waals surface area contributed by atoms with E-state index < -0.39 is 11.7 Å². The first-order chi connectivity index (χ1) is 19.6. The fraction of sp³-hybridized carbons (Fsp3) is 0.321. The zero-order valence-electron chi connectivity index (χ0n) is 22.2. The van der Waals surface area contributed by atoms with E-state index in [4.69, 9.17) is 11.6 Å². The molecule has 2 aliphatic heterocycles. The van der Waals surface area contributed by atoms with Gasteiger partial charge in [-0.25, -0.2) is 0 Å². The van der Waals surface area contributed by atoms with Gasteiger partial charge in [-0.2, -0.15) is 23.3 Å². The predicted octanol–water partition coefficient (Wildman–Crippen LogP) is 6.27. The molecule has 2 aliphatic rings. The maximum absolute atomic E-state index is 13.6. The molecule has 4 heterocycles. The van der Waals surface area contributed by atoms with Crippen molar-refractivity contribution in [3.8, 4) is 0 Å². The molecule has 212 valence electrons. The van der Waals surface area contributed by atoms with Gasteiger partial charge in [0, 0.05) is 29.5 Å². The van der Waals surface area contributed by atoms with Crippen LogP contribution in [-0.2, 0) is 17.5 Å². The largest absolute Gasteiger partial charge is 0.416 e. The summed E-state index contributed by atoms with van der Waals surface area (Å²) in [5, 5.41) is 14.1. The number of benzene rings is 2. The second-order valence-electron chi connectivity index (χ2n) is 10.1. The zero-order chi connectivity index (χ0) is 28.9. The van der Waals surface area contributed by atoms with E-state index in [1.807, 2.05) is 26.0 Å². The average molecular weight is 600 g/mol. The highest BCUT2D eigenvalue weighted by Gasteiger charge is 2.34. The van der Waals surface area contributed by atoms with E-state index in [0.717, 1.165) is 54.6 Å². The molecular weight excluding hydrogens is 575 g/mol. The molecule has 2 aromatic heterocycles. The van der Waals surface area contributed by atoms with Crippen molar-refractivity contribution in [1.29, 1.82) is 0 Å². The van der Waals surface area contributed by atoms with Crippen molar-refractivity contribution in [2.45, 2.75) is 45.5 Å². The standard InChI is InChI=1S/C28H25ClF3N7OS/c1-16-35-36-17(2)39(16)22-7-9-37(10-8-22)27-34-26(40)25(41-27)12-18-3-6-24-20(11-18)14-33-38(24)15-19-4-5-21(29)13-23(19)28(30,31)32/h3-6,11-14,22H,7-10,15H2,1-2H3. The van der Waals surface area contributed by atoms with Gasteiger partial charge in [-0.15, -0.1) is 10.2 Å². The monoisotopic (exact) mass is 599 g/mol. The Kier molecular flexibility index (Phi) is 7.14. The van der Waals surface area contributed by atoms with Crippen molar-refractivity contribution in [1.82, 2.24) is 29.4 Å². The summed E-state index contributed by atoms with van der Waals surface area (Å²) in [4.78, 5) is 19.7. The fourth-order valence-electron chi connectivity index (χ4n) is 5.44. The van der Waals surface area contributed by atoms with E-state index in [-0.39, 0.29) is 23.0 Å². The van der Waals surface area contributed by atoms with E-state index in [0.29, 0.717) is 21.6 Å². The molecule has 0 bridgehead atoms. The Morgan fingerprint density at radius 1 is 1.07 bits per heavy atom. The number of carbonyl (C=O) groups excluding carboxylic acids is 1. The highest BCUT2D eigenvalue weighted by molar-refractivity contribution is 8.18. The van der Waals surface area contributed by atoms with Crippen molar-refractivity contribution in [2.75, 3.05) is 13.1 Å². The van der Waals surface area contributed by atoms with Crippen LogP contribution in [0.5, 0.6) is 0 Å². The fourth-order valence-corrected chi connectivity index (χ4v) is 6.57. The summed E-state index contributed by atoms with van der Waals surface area (Å²) in [7, 11) is 0. The summed E-state index contributed by atoms with van der Waals surface area (Å²) in [5.74, 6) is 1.54. The van der Waals surface area contributed by atoms with Gasteiger partial charge in [0.15, 0.2) is 5.17 Å². The van der Waals surface area contributed by atoms with Gasteiger partial charge < -0.3 is 9.47 Å². The Morgan fingerprint density at radius 3 is 2.51 bits per heavy atom. The molecule has 0 spiro atoms. The van der Waals surface area contributed by atoms with Crippen LogP contribution < -0.4 is 0 Å².